The molecule has 0 saturated carbocycles. The number of carbonyl (C=O) groups is 1. The van der Waals surface area contributed by atoms with Crippen molar-refractivity contribution in [3.05, 3.63) is 71.1 Å². The molecule has 1 N–H and O–H groups in total. The van der Waals surface area contributed by atoms with Gasteiger partial charge in [-0.15, -0.1) is 10.2 Å². The fraction of sp³-hybridized carbons (Fsp3) is 0.400. The number of alkyl halides is 3. The highest BCUT2D eigenvalue weighted by molar-refractivity contribution is 5.76. The van der Waals surface area contributed by atoms with Crippen molar-refractivity contribution in [3.8, 4) is 11.5 Å². The molecule has 34 heavy (non-hydrogen) atoms. The molecule has 4 rings (SSSR count). The third-order valence-corrected chi connectivity index (χ3v) is 5.94. The lowest BCUT2D eigenvalue weighted by molar-refractivity contribution is -0.137. The fourth-order valence-corrected chi connectivity index (χ4v) is 4.03. The van der Waals surface area contributed by atoms with Gasteiger partial charge in [-0.2, -0.15) is 13.2 Å². The standard InChI is InChI=1S/C25H27F3N4O2/c1-17-5-7-19(8-6-17)24-31-30-23(34-24)10-9-22(33)29-21-11-13-32(14-12-21)16-18-3-2-4-20(15-18)25(26,27)28/h2-8,15,21H,9-14,16H2,1H3,(H,29,33). The highest BCUT2D eigenvalue weighted by Gasteiger charge is 2.30. The summed E-state index contributed by atoms with van der Waals surface area (Å²) >= 11 is 0. The number of rotatable bonds is 7. The highest BCUT2D eigenvalue weighted by atomic mass is 19.4. The van der Waals surface area contributed by atoms with Crippen molar-refractivity contribution in [2.45, 2.75) is 51.4 Å². The van der Waals surface area contributed by atoms with E-state index in [1.807, 2.05) is 31.2 Å². The monoisotopic (exact) mass is 472 g/mol. The molecule has 0 atom stereocenters. The molecule has 0 unspecified atom stereocenters. The molecule has 1 amide bonds. The van der Waals surface area contributed by atoms with Crippen LogP contribution in [0.4, 0.5) is 13.2 Å². The lowest BCUT2D eigenvalue weighted by atomic mass is 10.0. The predicted molar refractivity (Wildman–Crippen MR) is 121 cm³/mol. The normalized spacial score (nSPS) is 15.4. The summed E-state index contributed by atoms with van der Waals surface area (Å²) in [5, 5.41) is 11.1. The van der Waals surface area contributed by atoms with Gasteiger partial charge in [-0.1, -0.05) is 35.9 Å². The van der Waals surface area contributed by atoms with E-state index in [0.717, 1.165) is 30.0 Å². The minimum atomic E-state index is -4.34. The van der Waals surface area contributed by atoms with Crippen LogP contribution < -0.4 is 5.32 Å². The summed E-state index contributed by atoms with van der Waals surface area (Å²) in [5.41, 5.74) is 1.99. The zero-order valence-corrected chi connectivity index (χ0v) is 18.9. The van der Waals surface area contributed by atoms with Gasteiger partial charge in [-0.3, -0.25) is 9.69 Å². The summed E-state index contributed by atoms with van der Waals surface area (Å²) in [6, 6.07) is 13.3. The third-order valence-electron chi connectivity index (χ3n) is 5.94. The van der Waals surface area contributed by atoms with Gasteiger partial charge in [0.1, 0.15) is 0 Å². The Hall–Kier alpha value is -3.20. The van der Waals surface area contributed by atoms with Gasteiger partial charge in [-0.05, 0) is 43.5 Å². The number of aromatic nitrogens is 2. The van der Waals surface area contributed by atoms with E-state index in [9.17, 15) is 18.0 Å². The van der Waals surface area contributed by atoms with E-state index in [2.05, 4.69) is 20.4 Å². The summed E-state index contributed by atoms with van der Waals surface area (Å²) in [5.74, 6) is 0.775. The Morgan fingerprint density at radius 2 is 1.85 bits per heavy atom. The van der Waals surface area contributed by atoms with Gasteiger partial charge in [0.05, 0.1) is 5.56 Å². The summed E-state index contributed by atoms with van der Waals surface area (Å²) in [6.45, 7) is 3.89. The van der Waals surface area contributed by atoms with E-state index in [-0.39, 0.29) is 18.4 Å². The Kier molecular flexibility index (Phi) is 7.31. The van der Waals surface area contributed by atoms with Crippen LogP contribution in [-0.2, 0) is 23.9 Å². The van der Waals surface area contributed by atoms with Crippen LogP contribution in [0.2, 0.25) is 0 Å². The molecule has 0 spiro atoms. The first kappa shape index (κ1) is 23.9. The summed E-state index contributed by atoms with van der Waals surface area (Å²) in [6.07, 6.45) is -2.22. The number of benzene rings is 2. The van der Waals surface area contributed by atoms with Crippen LogP contribution in [0.1, 0.15) is 41.8 Å². The molecule has 0 bridgehead atoms. The first-order valence-electron chi connectivity index (χ1n) is 11.3. The van der Waals surface area contributed by atoms with Crippen LogP contribution in [-0.4, -0.2) is 40.1 Å². The van der Waals surface area contributed by atoms with E-state index in [1.54, 1.807) is 6.07 Å². The van der Waals surface area contributed by atoms with E-state index in [0.29, 0.717) is 43.4 Å². The van der Waals surface area contributed by atoms with Crippen molar-refractivity contribution in [3.63, 3.8) is 0 Å². The van der Waals surface area contributed by atoms with Gasteiger partial charge >= 0.3 is 6.18 Å². The van der Waals surface area contributed by atoms with E-state index in [1.165, 1.54) is 12.1 Å². The molecule has 2 aromatic carbocycles. The van der Waals surface area contributed by atoms with Crippen molar-refractivity contribution >= 4 is 5.91 Å². The molecule has 1 fully saturated rings. The van der Waals surface area contributed by atoms with Gasteiger partial charge < -0.3 is 9.73 Å². The minimum absolute atomic E-state index is 0.0519. The number of piperidine rings is 1. The molecule has 9 heteroatoms. The minimum Gasteiger partial charge on any atom is -0.421 e. The first-order chi connectivity index (χ1) is 16.3. The van der Waals surface area contributed by atoms with Crippen molar-refractivity contribution in [1.29, 1.82) is 0 Å². The number of hydrogen-bond acceptors (Lipinski definition) is 5. The number of nitrogens with zero attached hydrogens (tertiary/aromatic N) is 3. The molecule has 180 valence electrons. The van der Waals surface area contributed by atoms with Gasteiger partial charge in [0.15, 0.2) is 0 Å². The molecule has 1 aliphatic rings. The SMILES string of the molecule is Cc1ccc(-c2nnc(CCC(=O)NC3CCN(Cc4cccc(C(F)(F)F)c4)CC3)o2)cc1. The number of hydrogen-bond donors (Lipinski definition) is 1. The van der Waals surface area contributed by atoms with Gasteiger partial charge in [0, 0.05) is 44.1 Å². The summed E-state index contributed by atoms with van der Waals surface area (Å²) < 4.78 is 44.4. The second-order valence-electron chi connectivity index (χ2n) is 8.68. The Morgan fingerprint density at radius 1 is 1.12 bits per heavy atom. The first-order valence-corrected chi connectivity index (χ1v) is 11.3. The highest BCUT2D eigenvalue weighted by Crippen LogP contribution is 2.30. The van der Waals surface area contributed by atoms with Crippen LogP contribution in [0.3, 0.4) is 0 Å². The Bertz CT molecular complexity index is 1100. The van der Waals surface area contributed by atoms with Crippen molar-refractivity contribution in [1.82, 2.24) is 20.4 Å². The molecule has 6 nitrogen and oxygen atoms in total. The Balaban J connectivity index is 1.20. The topological polar surface area (TPSA) is 71.3 Å². The maximum absolute atomic E-state index is 12.9. The molecule has 1 aliphatic heterocycles. The predicted octanol–water partition coefficient (Wildman–Crippen LogP) is 4.78. The fourth-order valence-electron chi connectivity index (χ4n) is 4.03. The molecule has 1 aromatic heterocycles. The molecular weight excluding hydrogens is 445 g/mol. The maximum atomic E-state index is 12.9. The average molecular weight is 473 g/mol. The Morgan fingerprint density at radius 3 is 2.56 bits per heavy atom. The number of aryl methyl sites for hydroxylation is 2. The van der Waals surface area contributed by atoms with E-state index in [4.69, 9.17) is 4.42 Å². The van der Waals surface area contributed by atoms with Gasteiger partial charge in [0.25, 0.3) is 0 Å². The zero-order chi connectivity index (χ0) is 24.1. The van der Waals surface area contributed by atoms with Crippen LogP contribution in [0.25, 0.3) is 11.5 Å². The number of amides is 1. The average Bonchev–Trinajstić information content (AvgIpc) is 3.28. The Labute approximate surface area is 196 Å². The second-order valence-corrected chi connectivity index (χ2v) is 8.68. The van der Waals surface area contributed by atoms with Crippen molar-refractivity contribution in [2.24, 2.45) is 0 Å². The quantitative estimate of drug-likeness (QED) is 0.536. The molecule has 3 aromatic rings. The van der Waals surface area contributed by atoms with E-state index < -0.39 is 11.7 Å². The summed E-state index contributed by atoms with van der Waals surface area (Å²) in [4.78, 5) is 14.5. The smallest absolute Gasteiger partial charge is 0.416 e. The van der Waals surface area contributed by atoms with Crippen molar-refractivity contribution in [2.75, 3.05) is 13.1 Å². The van der Waals surface area contributed by atoms with Gasteiger partial charge in [-0.25, -0.2) is 0 Å². The lowest BCUT2D eigenvalue weighted by Gasteiger charge is -2.32. The van der Waals surface area contributed by atoms with Crippen LogP contribution >= 0.6 is 0 Å². The van der Waals surface area contributed by atoms with Crippen LogP contribution in [0.5, 0.6) is 0 Å². The third kappa shape index (κ3) is 6.44. The molecule has 1 saturated heterocycles. The maximum Gasteiger partial charge on any atom is 0.416 e. The zero-order valence-electron chi connectivity index (χ0n) is 18.9. The number of halogens is 3. The van der Waals surface area contributed by atoms with E-state index >= 15 is 0 Å². The van der Waals surface area contributed by atoms with Crippen LogP contribution in [0, 0.1) is 6.92 Å². The molecular formula is C25H27F3N4O2. The lowest BCUT2D eigenvalue weighted by Crippen LogP contribution is -2.44. The molecule has 0 radical (unpaired) electrons. The number of carbonyl (C=O) groups excluding carboxylic acids is 1. The number of nitrogens with one attached hydrogen (secondary N) is 1. The summed E-state index contributed by atoms with van der Waals surface area (Å²) in [7, 11) is 0. The number of likely N-dealkylation sites (tertiary alicyclic amines) is 1. The second kappa shape index (κ2) is 10.4. The molecule has 0 aliphatic carbocycles. The molecule has 2 heterocycles. The van der Waals surface area contributed by atoms with Crippen LogP contribution in [0.15, 0.2) is 52.9 Å². The van der Waals surface area contributed by atoms with Gasteiger partial charge in [0.2, 0.25) is 17.7 Å². The van der Waals surface area contributed by atoms with Crippen molar-refractivity contribution < 1.29 is 22.4 Å². The largest absolute Gasteiger partial charge is 0.421 e.